The lowest BCUT2D eigenvalue weighted by molar-refractivity contribution is 0.211. The van der Waals surface area contributed by atoms with Crippen molar-refractivity contribution in [1.29, 1.82) is 0 Å². The Morgan fingerprint density at radius 2 is 1.68 bits per heavy atom. The Morgan fingerprint density at radius 1 is 1.08 bits per heavy atom. The van der Waals surface area contributed by atoms with E-state index in [9.17, 15) is 13.5 Å². The fourth-order valence-electron chi connectivity index (χ4n) is 1.97. The third-order valence-corrected chi connectivity index (χ3v) is 5.70. The lowest BCUT2D eigenvalue weighted by Gasteiger charge is -2.15. The van der Waals surface area contributed by atoms with Crippen LogP contribution in [0.2, 0.25) is 10.0 Å². The molecule has 0 saturated heterocycles. The summed E-state index contributed by atoms with van der Waals surface area (Å²) in [5.41, 5.74) is 1.55. The quantitative estimate of drug-likeness (QED) is 0.586. The van der Waals surface area contributed by atoms with Gasteiger partial charge in [0.15, 0.2) is 0 Å². The largest absolute Gasteiger partial charge is 0.390 e. The van der Waals surface area contributed by atoms with Gasteiger partial charge in [-0.1, -0.05) is 40.9 Å². The third kappa shape index (κ3) is 5.39. The number of sulfonamides is 1. The van der Waals surface area contributed by atoms with Gasteiger partial charge in [-0.2, -0.15) is 0 Å². The molecule has 0 heterocycles. The van der Waals surface area contributed by atoms with Crippen molar-refractivity contribution in [2.75, 3.05) is 22.5 Å². The number of aliphatic hydroxyl groups excluding tert-OH is 1. The zero-order valence-electron chi connectivity index (χ0n) is 13.3. The molecule has 0 radical (unpaired) electrons. The molecule has 0 spiro atoms. The van der Waals surface area contributed by atoms with E-state index in [0.717, 1.165) is 5.56 Å². The van der Waals surface area contributed by atoms with Gasteiger partial charge in [0.2, 0.25) is 0 Å². The molecule has 0 aliphatic rings. The average molecular weight is 424 g/mol. The predicted molar refractivity (Wildman–Crippen MR) is 104 cm³/mol. The molecule has 3 N–H and O–H groups in total. The number of nitrogens with one attached hydrogen (secondary N) is 2. The van der Waals surface area contributed by atoms with Crippen molar-refractivity contribution in [3.05, 3.63) is 52.0 Å². The smallest absolute Gasteiger partial charge is 0.261 e. The van der Waals surface area contributed by atoms with Gasteiger partial charge in [-0.25, -0.2) is 8.42 Å². The Bertz CT molecular complexity index is 842. The van der Waals surface area contributed by atoms with Gasteiger partial charge >= 0.3 is 0 Å². The minimum atomic E-state index is -3.79. The number of aryl methyl sites for hydroxylation is 1. The van der Waals surface area contributed by atoms with E-state index < -0.39 is 16.1 Å². The summed E-state index contributed by atoms with van der Waals surface area (Å²) in [6.07, 6.45) is -0.763. The minimum absolute atomic E-state index is 0.0606. The topological polar surface area (TPSA) is 78.4 Å². The van der Waals surface area contributed by atoms with Crippen LogP contribution >= 0.6 is 34.8 Å². The highest BCUT2D eigenvalue weighted by Crippen LogP contribution is 2.34. The molecule has 0 fully saturated rings. The zero-order valence-corrected chi connectivity index (χ0v) is 16.3. The number of anilines is 2. The molecule has 25 heavy (non-hydrogen) atoms. The predicted octanol–water partition coefficient (Wildman–Crippen LogP) is 4.11. The number of rotatable bonds is 7. The van der Waals surface area contributed by atoms with Crippen molar-refractivity contribution in [3.63, 3.8) is 0 Å². The van der Waals surface area contributed by atoms with Crippen molar-refractivity contribution in [2.24, 2.45) is 0 Å². The number of aliphatic hydroxyl groups is 1. The first-order valence-electron chi connectivity index (χ1n) is 7.29. The van der Waals surface area contributed by atoms with E-state index in [1.165, 1.54) is 24.3 Å². The van der Waals surface area contributed by atoms with Crippen LogP contribution in [-0.2, 0) is 10.0 Å². The highest BCUT2D eigenvalue weighted by molar-refractivity contribution is 7.92. The van der Waals surface area contributed by atoms with Crippen LogP contribution in [-0.4, -0.2) is 32.1 Å². The van der Waals surface area contributed by atoms with E-state index in [1.807, 2.05) is 6.92 Å². The van der Waals surface area contributed by atoms with Crippen LogP contribution < -0.4 is 10.0 Å². The Morgan fingerprint density at radius 3 is 2.28 bits per heavy atom. The molecule has 0 aromatic heterocycles. The summed E-state index contributed by atoms with van der Waals surface area (Å²) in [6, 6.07) is 9.33. The van der Waals surface area contributed by atoms with Gasteiger partial charge in [-0.15, -0.1) is 11.6 Å². The fourth-order valence-corrected chi connectivity index (χ4v) is 3.70. The lowest BCUT2D eigenvalue weighted by atomic mass is 10.2. The number of hydrogen-bond acceptors (Lipinski definition) is 4. The molecule has 0 aliphatic carbocycles. The molecule has 0 saturated carbocycles. The van der Waals surface area contributed by atoms with E-state index in [0.29, 0.717) is 10.7 Å². The standard InChI is InChI=1S/C16H17Cl3N2O3S/c1-10-2-4-12(5-3-10)25(23,24)21-16-7-15(13(18)6-14(16)19)20-9-11(22)8-17/h2-7,11,20-22H,8-9H2,1H3. The van der Waals surface area contributed by atoms with E-state index in [1.54, 1.807) is 12.1 Å². The Balaban J connectivity index is 2.27. The first kappa shape index (κ1) is 20.1. The van der Waals surface area contributed by atoms with Gasteiger partial charge in [-0.3, -0.25) is 4.72 Å². The molecule has 0 amide bonds. The molecule has 2 rings (SSSR count). The van der Waals surface area contributed by atoms with Gasteiger partial charge < -0.3 is 10.4 Å². The van der Waals surface area contributed by atoms with Crippen molar-refractivity contribution in [2.45, 2.75) is 17.9 Å². The molecule has 2 aromatic carbocycles. The van der Waals surface area contributed by atoms with Crippen molar-refractivity contribution in [3.8, 4) is 0 Å². The number of benzene rings is 2. The molecule has 1 atom stereocenters. The molecule has 5 nitrogen and oxygen atoms in total. The minimum Gasteiger partial charge on any atom is -0.390 e. The molecule has 9 heteroatoms. The molecule has 136 valence electrons. The van der Waals surface area contributed by atoms with Crippen molar-refractivity contribution >= 4 is 56.2 Å². The molecule has 2 aromatic rings. The Hall–Kier alpha value is -1.18. The summed E-state index contributed by atoms with van der Waals surface area (Å²) in [6.45, 7) is 2.03. The van der Waals surface area contributed by atoms with Gasteiger partial charge in [0.25, 0.3) is 10.0 Å². The summed E-state index contributed by atoms with van der Waals surface area (Å²) in [5.74, 6) is 0.0606. The highest BCUT2D eigenvalue weighted by atomic mass is 35.5. The van der Waals surface area contributed by atoms with Crippen LogP contribution in [0.1, 0.15) is 5.56 Å². The van der Waals surface area contributed by atoms with Gasteiger partial charge in [0, 0.05) is 6.54 Å². The van der Waals surface area contributed by atoms with E-state index >= 15 is 0 Å². The van der Waals surface area contributed by atoms with E-state index in [2.05, 4.69) is 10.0 Å². The molecular weight excluding hydrogens is 407 g/mol. The molecule has 0 bridgehead atoms. The van der Waals surface area contributed by atoms with Gasteiger partial charge in [0.05, 0.1) is 38.3 Å². The number of halogens is 3. The third-order valence-electron chi connectivity index (χ3n) is 3.34. The lowest BCUT2D eigenvalue weighted by Crippen LogP contribution is -2.21. The molecule has 1 unspecified atom stereocenters. The molecule has 0 aliphatic heterocycles. The maximum atomic E-state index is 12.5. The van der Waals surface area contributed by atoms with E-state index in [4.69, 9.17) is 34.8 Å². The van der Waals surface area contributed by atoms with Gasteiger partial charge in [-0.05, 0) is 31.2 Å². The fraction of sp³-hybridized carbons (Fsp3) is 0.250. The van der Waals surface area contributed by atoms with Gasteiger partial charge in [0.1, 0.15) is 0 Å². The summed E-state index contributed by atoms with van der Waals surface area (Å²) < 4.78 is 27.4. The second kappa shape index (κ2) is 8.47. The second-order valence-corrected chi connectivity index (χ2v) is 8.22. The van der Waals surface area contributed by atoms with Crippen molar-refractivity contribution < 1.29 is 13.5 Å². The Labute approximate surface area is 162 Å². The zero-order chi connectivity index (χ0) is 18.6. The number of hydrogen-bond donors (Lipinski definition) is 3. The first-order chi connectivity index (χ1) is 11.7. The second-order valence-electron chi connectivity index (χ2n) is 5.42. The summed E-state index contributed by atoms with van der Waals surface area (Å²) in [4.78, 5) is 0.121. The van der Waals surface area contributed by atoms with Crippen LogP contribution in [0.15, 0.2) is 41.3 Å². The van der Waals surface area contributed by atoms with Crippen molar-refractivity contribution in [1.82, 2.24) is 0 Å². The van der Waals surface area contributed by atoms with Crippen LogP contribution in [0, 0.1) is 6.92 Å². The van der Waals surface area contributed by atoms with Crippen LogP contribution in [0.4, 0.5) is 11.4 Å². The summed E-state index contributed by atoms with van der Waals surface area (Å²) in [7, 11) is -3.79. The normalized spacial score (nSPS) is 12.7. The Kier molecular flexibility index (Phi) is 6.82. The van der Waals surface area contributed by atoms with Crippen LogP contribution in [0.5, 0.6) is 0 Å². The maximum absolute atomic E-state index is 12.5. The SMILES string of the molecule is Cc1ccc(S(=O)(=O)Nc2cc(NCC(O)CCl)c(Cl)cc2Cl)cc1. The first-order valence-corrected chi connectivity index (χ1v) is 10.1. The van der Waals surface area contributed by atoms with Crippen LogP contribution in [0.25, 0.3) is 0 Å². The average Bonchev–Trinajstić information content (AvgIpc) is 2.56. The maximum Gasteiger partial charge on any atom is 0.261 e. The summed E-state index contributed by atoms with van der Waals surface area (Å²) >= 11 is 17.7. The highest BCUT2D eigenvalue weighted by Gasteiger charge is 2.17. The summed E-state index contributed by atoms with van der Waals surface area (Å²) in [5, 5.41) is 12.9. The number of alkyl halides is 1. The van der Waals surface area contributed by atoms with E-state index in [-0.39, 0.29) is 28.0 Å². The molecular formula is C16H17Cl3N2O3S. The monoisotopic (exact) mass is 422 g/mol. The van der Waals surface area contributed by atoms with Crippen LogP contribution in [0.3, 0.4) is 0 Å².